The minimum Gasteiger partial charge on any atom is -0.309 e. The predicted octanol–water partition coefficient (Wildman–Crippen LogP) is 12.1. The number of benzene rings is 7. The minimum atomic E-state index is 0.565. The van der Waals surface area contributed by atoms with E-state index >= 15 is 0 Å². The van der Waals surface area contributed by atoms with E-state index in [1.165, 1.54) is 21.8 Å². The second-order valence-corrected chi connectivity index (χ2v) is 14.0. The van der Waals surface area contributed by atoms with Gasteiger partial charge in [0.1, 0.15) is 0 Å². The summed E-state index contributed by atoms with van der Waals surface area (Å²) >= 11 is 0. The van der Waals surface area contributed by atoms with Crippen molar-refractivity contribution in [3.8, 4) is 56.7 Å². The highest BCUT2D eigenvalue weighted by Crippen LogP contribution is 2.39. The van der Waals surface area contributed by atoms with E-state index in [-0.39, 0.29) is 0 Å². The molecule has 0 aliphatic carbocycles. The third-order valence-electron chi connectivity index (χ3n) is 10.7. The average molecular weight is 717 g/mol. The average Bonchev–Trinajstić information content (AvgIpc) is 3.79. The van der Waals surface area contributed by atoms with E-state index in [1.807, 2.05) is 79.1 Å². The molecule has 7 aromatic carbocycles. The fraction of sp³-hybridized carbons (Fsp3) is 0. The molecule has 0 saturated carbocycles. The zero-order chi connectivity index (χ0) is 37.0. The maximum atomic E-state index is 5.15. The highest BCUT2D eigenvalue weighted by Gasteiger charge is 2.20. The second kappa shape index (κ2) is 13.0. The summed E-state index contributed by atoms with van der Waals surface area (Å²) in [6.07, 6.45) is 3.72. The molecular formula is C50H32N6. The molecule has 0 saturated heterocycles. The van der Waals surface area contributed by atoms with E-state index in [4.69, 9.17) is 15.0 Å². The molecule has 56 heavy (non-hydrogen) atoms. The number of aromatic nitrogens is 6. The lowest BCUT2D eigenvalue weighted by Crippen LogP contribution is -2.06. The summed E-state index contributed by atoms with van der Waals surface area (Å²) in [5.74, 6) is 1.81. The van der Waals surface area contributed by atoms with E-state index in [0.717, 1.165) is 60.9 Å². The molecule has 262 valence electrons. The van der Waals surface area contributed by atoms with Gasteiger partial charge in [-0.1, -0.05) is 121 Å². The summed E-state index contributed by atoms with van der Waals surface area (Å²) in [6.45, 7) is 0. The monoisotopic (exact) mass is 716 g/mol. The van der Waals surface area contributed by atoms with Crippen molar-refractivity contribution in [1.82, 2.24) is 29.1 Å². The molecule has 0 unspecified atom stereocenters. The molecule has 0 radical (unpaired) electrons. The molecule has 4 aromatic heterocycles. The molecule has 11 rings (SSSR count). The maximum absolute atomic E-state index is 5.15. The van der Waals surface area contributed by atoms with Crippen molar-refractivity contribution in [2.75, 3.05) is 0 Å². The molecule has 0 amide bonds. The van der Waals surface area contributed by atoms with Gasteiger partial charge in [-0.25, -0.2) is 4.98 Å². The molecular weight excluding hydrogens is 685 g/mol. The van der Waals surface area contributed by atoms with Gasteiger partial charge in [0.2, 0.25) is 5.95 Å². The van der Waals surface area contributed by atoms with Gasteiger partial charge in [-0.2, -0.15) is 9.97 Å². The molecule has 0 aliphatic heterocycles. The van der Waals surface area contributed by atoms with Crippen molar-refractivity contribution in [1.29, 1.82) is 0 Å². The van der Waals surface area contributed by atoms with Gasteiger partial charge >= 0.3 is 0 Å². The van der Waals surface area contributed by atoms with Crippen LogP contribution < -0.4 is 0 Å². The summed E-state index contributed by atoms with van der Waals surface area (Å²) < 4.78 is 4.53. The van der Waals surface area contributed by atoms with Crippen LogP contribution in [0.5, 0.6) is 0 Å². The molecule has 6 heteroatoms. The number of nitrogens with zero attached hydrogens (tertiary/aromatic N) is 6. The van der Waals surface area contributed by atoms with Crippen LogP contribution in [0.15, 0.2) is 194 Å². The lowest BCUT2D eigenvalue weighted by molar-refractivity contribution is 0.953. The molecule has 11 aromatic rings. The Bertz CT molecular complexity index is 3170. The van der Waals surface area contributed by atoms with Crippen LogP contribution in [0.25, 0.3) is 100 Å². The lowest BCUT2D eigenvalue weighted by atomic mass is 9.99. The molecule has 0 fully saturated rings. The Morgan fingerprint density at radius 2 is 0.786 bits per heavy atom. The Morgan fingerprint density at radius 3 is 1.36 bits per heavy atom. The second-order valence-electron chi connectivity index (χ2n) is 14.0. The Kier molecular flexibility index (Phi) is 7.38. The summed E-state index contributed by atoms with van der Waals surface area (Å²) in [5.41, 5.74) is 11.8. The third kappa shape index (κ3) is 5.27. The smallest absolute Gasteiger partial charge is 0.238 e. The number of fused-ring (bicyclic) bond motifs is 6. The van der Waals surface area contributed by atoms with Gasteiger partial charge in [0.25, 0.3) is 0 Å². The standard InChI is InChI=1S/C50H32N6/c1-4-13-33(14-5-1)48-52-49(34-15-6-2-7-16-34)54-50(53-48)56-46-26-23-36(30-42(46)43-31-37(24-27-47(43)56)38-17-12-28-51-32-38)35-22-25-45-41(29-35)40-20-10-11-21-44(40)55(45)39-18-8-3-9-19-39/h1-32H. The van der Waals surface area contributed by atoms with Gasteiger partial charge in [-0.05, 0) is 77.4 Å². The van der Waals surface area contributed by atoms with Crippen LogP contribution in [0.4, 0.5) is 0 Å². The summed E-state index contributed by atoms with van der Waals surface area (Å²) in [7, 11) is 0. The van der Waals surface area contributed by atoms with Gasteiger partial charge in [0.05, 0.1) is 22.1 Å². The van der Waals surface area contributed by atoms with Crippen LogP contribution in [-0.2, 0) is 0 Å². The van der Waals surface area contributed by atoms with E-state index in [2.05, 4.69) is 129 Å². The quantitative estimate of drug-likeness (QED) is 0.172. The Morgan fingerprint density at radius 1 is 0.321 bits per heavy atom. The Balaban J connectivity index is 1.15. The van der Waals surface area contributed by atoms with E-state index in [1.54, 1.807) is 0 Å². The fourth-order valence-corrected chi connectivity index (χ4v) is 8.04. The molecule has 0 spiro atoms. The van der Waals surface area contributed by atoms with Gasteiger partial charge in [0, 0.05) is 56.3 Å². The van der Waals surface area contributed by atoms with Crippen LogP contribution in [-0.4, -0.2) is 29.1 Å². The first-order valence-corrected chi connectivity index (χ1v) is 18.7. The van der Waals surface area contributed by atoms with Crippen molar-refractivity contribution in [2.45, 2.75) is 0 Å². The first kappa shape index (κ1) is 31.8. The number of hydrogen-bond acceptors (Lipinski definition) is 4. The molecule has 0 atom stereocenters. The highest BCUT2D eigenvalue weighted by molar-refractivity contribution is 6.13. The molecule has 0 bridgehead atoms. The van der Waals surface area contributed by atoms with Crippen LogP contribution >= 0.6 is 0 Å². The molecule has 0 aliphatic rings. The van der Waals surface area contributed by atoms with E-state index in [0.29, 0.717) is 17.6 Å². The van der Waals surface area contributed by atoms with Gasteiger partial charge in [0.15, 0.2) is 11.6 Å². The molecule has 4 heterocycles. The van der Waals surface area contributed by atoms with Gasteiger partial charge in [-0.15, -0.1) is 0 Å². The third-order valence-corrected chi connectivity index (χ3v) is 10.7. The first-order chi connectivity index (χ1) is 27.8. The van der Waals surface area contributed by atoms with Crippen LogP contribution in [0.2, 0.25) is 0 Å². The summed E-state index contributed by atoms with van der Waals surface area (Å²) in [6, 6.07) is 63.7. The van der Waals surface area contributed by atoms with E-state index < -0.39 is 0 Å². The highest BCUT2D eigenvalue weighted by atomic mass is 15.2. The fourth-order valence-electron chi connectivity index (χ4n) is 8.04. The van der Waals surface area contributed by atoms with Crippen molar-refractivity contribution in [3.63, 3.8) is 0 Å². The minimum absolute atomic E-state index is 0.565. The zero-order valence-corrected chi connectivity index (χ0v) is 30.2. The summed E-state index contributed by atoms with van der Waals surface area (Å²) in [4.78, 5) is 19.7. The maximum Gasteiger partial charge on any atom is 0.238 e. The Hall–Kier alpha value is -7.70. The Labute approximate surface area is 322 Å². The number of pyridine rings is 1. The molecule has 0 N–H and O–H groups in total. The van der Waals surface area contributed by atoms with Crippen molar-refractivity contribution >= 4 is 43.6 Å². The zero-order valence-electron chi connectivity index (χ0n) is 30.2. The van der Waals surface area contributed by atoms with Gasteiger partial charge in [-0.3, -0.25) is 9.55 Å². The van der Waals surface area contributed by atoms with Crippen molar-refractivity contribution < 1.29 is 0 Å². The lowest BCUT2D eigenvalue weighted by Gasteiger charge is -2.11. The topological polar surface area (TPSA) is 61.4 Å². The van der Waals surface area contributed by atoms with Crippen molar-refractivity contribution in [3.05, 3.63) is 194 Å². The largest absolute Gasteiger partial charge is 0.309 e. The van der Waals surface area contributed by atoms with Crippen LogP contribution in [0, 0.1) is 0 Å². The molecule has 6 nitrogen and oxygen atoms in total. The SMILES string of the molecule is c1ccc(-c2nc(-c3ccccc3)nc(-n3c4ccc(-c5cccnc5)cc4c4cc(-c5ccc6c(c5)c5ccccc5n6-c5ccccc5)ccc43)n2)cc1. The predicted molar refractivity (Wildman–Crippen MR) is 228 cm³/mol. The van der Waals surface area contributed by atoms with Gasteiger partial charge < -0.3 is 4.57 Å². The number of para-hydroxylation sites is 2. The normalized spacial score (nSPS) is 11.6. The number of rotatable bonds is 6. The van der Waals surface area contributed by atoms with E-state index in [9.17, 15) is 0 Å². The number of hydrogen-bond donors (Lipinski definition) is 0. The van der Waals surface area contributed by atoms with Crippen molar-refractivity contribution in [2.24, 2.45) is 0 Å². The van der Waals surface area contributed by atoms with Crippen LogP contribution in [0.3, 0.4) is 0 Å². The first-order valence-electron chi connectivity index (χ1n) is 18.7. The summed E-state index contributed by atoms with van der Waals surface area (Å²) in [5, 5.41) is 4.66. The van der Waals surface area contributed by atoms with Crippen LogP contribution in [0.1, 0.15) is 0 Å².